The zero-order chi connectivity index (χ0) is 31.6. The molecule has 2 aromatic carbocycles. The van der Waals surface area contributed by atoms with Crippen LogP contribution in [0.2, 0.25) is 0 Å². The summed E-state index contributed by atoms with van der Waals surface area (Å²) in [5.74, 6) is 1.53. The van der Waals surface area contributed by atoms with Gasteiger partial charge < -0.3 is 33.4 Å². The van der Waals surface area contributed by atoms with Crippen molar-refractivity contribution in [3.05, 3.63) is 58.5 Å². The molecular formula is C33H37NO9S. The Kier molecular flexibility index (Phi) is 11.4. The number of ether oxygens (including phenoxy) is 5. The van der Waals surface area contributed by atoms with Gasteiger partial charge >= 0.3 is 5.97 Å². The largest absolute Gasteiger partial charge is 0.493 e. The maximum atomic E-state index is 12.7. The molecule has 1 aliphatic heterocycles. The summed E-state index contributed by atoms with van der Waals surface area (Å²) in [6.45, 7) is 7.58. The number of fused-ring (bicyclic) bond motifs is 2. The van der Waals surface area contributed by atoms with Crippen LogP contribution in [0.1, 0.15) is 59.8 Å². The Morgan fingerprint density at radius 3 is 2.16 bits per heavy atom. The molecule has 234 valence electrons. The highest BCUT2D eigenvalue weighted by molar-refractivity contribution is 7.20. The predicted octanol–water partition coefficient (Wildman–Crippen LogP) is 5.67. The molecule has 0 fully saturated rings. The van der Waals surface area contributed by atoms with Gasteiger partial charge in [-0.05, 0) is 52.8 Å². The summed E-state index contributed by atoms with van der Waals surface area (Å²) in [4.78, 5) is 49.8. The zero-order valence-corrected chi connectivity index (χ0v) is 26.1. The van der Waals surface area contributed by atoms with Gasteiger partial charge in [-0.2, -0.15) is 0 Å². The fourth-order valence-corrected chi connectivity index (χ4v) is 5.72. The van der Waals surface area contributed by atoms with E-state index in [2.05, 4.69) is 6.58 Å². The lowest BCUT2D eigenvalue weighted by molar-refractivity contribution is -0.143. The van der Waals surface area contributed by atoms with E-state index in [0.717, 1.165) is 33.9 Å². The lowest BCUT2D eigenvalue weighted by Crippen LogP contribution is -2.24. The Morgan fingerprint density at radius 1 is 0.886 bits per heavy atom. The minimum atomic E-state index is -0.372. The van der Waals surface area contributed by atoms with Crippen molar-refractivity contribution in [3.63, 3.8) is 0 Å². The van der Waals surface area contributed by atoms with Gasteiger partial charge in [0.15, 0.2) is 28.8 Å². The van der Waals surface area contributed by atoms with Gasteiger partial charge in [-0.3, -0.25) is 14.4 Å². The first-order valence-electron chi connectivity index (χ1n) is 14.4. The van der Waals surface area contributed by atoms with Crippen LogP contribution < -0.4 is 18.9 Å². The molecule has 4 rings (SSSR count). The highest BCUT2D eigenvalue weighted by Gasteiger charge is 2.25. The molecular weight excluding hydrogens is 586 g/mol. The van der Waals surface area contributed by atoms with Crippen molar-refractivity contribution in [2.75, 3.05) is 34.0 Å². The molecule has 0 saturated carbocycles. The van der Waals surface area contributed by atoms with E-state index in [0.29, 0.717) is 53.1 Å². The van der Waals surface area contributed by atoms with Crippen molar-refractivity contribution in [3.8, 4) is 23.0 Å². The van der Waals surface area contributed by atoms with Gasteiger partial charge in [-0.15, -0.1) is 11.3 Å². The number of rotatable bonds is 17. The number of carbonyl (C=O) groups is 4. The average Bonchev–Trinajstić information content (AvgIpc) is 3.65. The van der Waals surface area contributed by atoms with E-state index in [1.54, 1.807) is 25.2 Å². The molecule has 0 radical (unpaired) electrons. The molecule has 0 aliphatic carbocycles. The predicted molar refractivity (Wildman–Crippen MR) is 166 cm³/mol. The minimum absolute atomic E-state index is 0.0485. The van der Waals surface area contributed by atoms with Crippen LogP contribution in [0.4, 0.5) is 0 Å². The molecule has 1 amide bonds. The van der Waals surface area contributed by atoms with E-state index in [-0.39, 0.29) is 56.6 Å². The standard InChI is InChI=1S/C33H37NO9S/c1-5-11-41-33(38)9-8-25(36)31-15-22-12-28(27(40-4)16-30(22)44-31)42-19-21(2)20-43-29-14-24-18-34(32(37)7-6-10-35)17-23(24)13-26(29)39-3/h10,12-16H,2,5-9,11,17-20H2,1,3-4H3. The van der Waals surface area contributed by atoms with Crippen molar-refractivity contribution in [1.82, 2.24) is 4.90 Å². The zero-order valence-electron chi connectivity index (χ0n) is 25.3. The van der Waals surface area contributed by atoms with E-state index in [1.807, 2.05) is 31.2 Å². The molecule has 0 saturated heterocycles. The summed E-state index contributed by atoms with van der Waals surface area (Å²) in [6, 6.07) is 9.17. The summed E-state index contributed by atoms with van der Waals surface area (Å²) in [7, 11) is 3.10. The van der Waals surface area contributed by atoms with E-state index >= 15 is 0 Å². The van der Waals surface area contributed by atoms with Crippen LogP contribution in [0.25, 0.3) is 10.1 Å². The van der Waals surface area contributed by atoms with Gasteiger partial charge in [-0.1, -0.05) is 13.5 Å². The highest BCUT2D eigenvalue weighted by atomic mass is 32.1. The number of methoxy groups -OCH3 is 2. The highest BCUT2D eigenvalue weighted by Crippen LogP contribution is 2.38. The van der Waals surface area contributed by atoms with Crippen LogP contribution >= 0.6 is 11.3 Å². The maximum absolute atomic E-state index is 12.7. The van der Waals surface area contributed by atoms with Gasteiger partial charge in [0.1, 0.15) is 19.5 Å². The normalized spacial score (nSPS) is 12.0. The van der Waals surface area contributed by atoms with Gasteiger partial charge in [0, 0.05) is 43.1 Å². The van der Waals surface area contributed by atoms with Crippen LogP contribution in [-0.2, 0) is 32.2 Å². The molecule has 2 heterocycles. The molecule has 3 aromatic rings. The topological polar surface area (TPSA) is 118 Å². The fourth-order valence-electron chi connectivity index (χ4n) is 4.68. The number of thiophene rings is 1. The molecule has 0 bridgehead atoms. The Balaban J connectivity index is 1.35. The van der Waals surface area contributed by atoms with Crippen molar-refractivity contribution in [1.29, 1.82) is 0 Å². The third-order valence-electron chi connectivity index (χ3n) is 7.00. The third kappa shape index (κ3) is 8.16. The summed E-state index contributed by atoms with van der Waals surface area (Å²) in [5.41, 5.74) is 2.60. The van der Waals surface area contributed by atoms with E-state index in [4.69, 9.17) is 23.7 Å². The number of hydrogen-bond donors (Lipinski definition) is 0. The molecule has 1 aliphatic rings. The van der Waals surface area contributed by atoms with Crippen molar-refractivity contribution < 1.29 is 42.9 Å². The first-order chi connectivity index (χ1) is 21.3. The van der Waals surface area contributed by atoms with Crippen LogP contribution in [0.15, 0.2) is 42.5 Å². The summed E-state index contributed by atoms with van der Waals surface area (Å²) in [6.07, 6.45) is 2.02. The second kappa shape index (κ2) is 15.4. The number of ketones is 1. The Labute approximate surface area is 260 Å². The lowest BCUT2D eigenvalue weighted by atomic mass is 10.1. The van der Waals surface area contributed by atoms with E-state index in [9.17, 15) is 19.2 Å². The van der Waals surface area contributed by atoms with Gasteiger partial charge in [0.2, 0.25) is 5.91 Å². The van der Waals surface area contributed by atoms with Gasteiger partial charge in [0.25, 0.3) is 0 Å². The van der Waals surface area contributed by atoms with Crippen molar-refractivity contribution in [2.24, 2.45) is 0 Å². The first kappa shape index (κ1) is 32.5. The number of hydrogen-bond acceptors (Lipinski definition) is 10. The molecule has 1 aromatic heterocycles. The first-order valence-corrected chi connectivity index (χ1v) is 15.2. The SMILES string of the molecule is C=C(COc1cc2c(cc1OC)CN(C(=O)CCC=O)C2)COc1cc2cc(C(=O)CCC(=O)OCCC)sc2cc1OC. The number of amides is 1. The second-order valence-corrected chi connectivity index (χ2v) is 11.4. The van der Waals surface area contributed by atoms with Crippen LogP contribution in [-0.4, -0.2) is 62.9 Å². The number of Topliss-reactive ketones (excluding diaryl/α,β-unsaturated/α-hetero) is 1. The lowest BCUT2D eigenvalue weighted by Gasteiger charge is -2.15. The number of aldehydes is 1. The molecule has 0 unspecified atom stereocenters. The Morgan fingerprint density at radius 2 is 1.52 bits per heavy atom. The molecule has 11 heteroatoms. The minimum Gasteiger partial charge on any atom is -0.493 e. The molecule has 44 heavy (non-hydrogen) atoms. The van der Waals surface area contributed by atoms with Crippen LogP contribution in [0, 0.1) is 0 Å². The number of nitrogens with zero attached hydrogens (tertiary/aromatic N) is 1. The summed E-state index contributed by atoms with van der Waals surface area (Å²) >= 11 is 1.34. The summed E-state index contributed by atoms with van der Waals surface area (Å²) in [5, 5.41) is 0.825. The Hall–Kier alpha value is -4.38. The quantitative estimate of drug-likeness (QED) is 0.0811. The van der Waals surface area contributed by atoms with Gasteiger partial charge in [-0.25, -0.2) is 0 Å². The smallest absolute Gasteiger partial charge is 0.306 e. The summed E-state index contributed by atoms with van der Waals surface area (Å²) < 4.78 is 29.0. The van der Waals surface area contributed by atoms with Crippen molar-refractivity contribution >= 4 is 45.4 Å². The maximum Gasteiger partial charge on any atom is 0.306 e. The third-order valence-corrected chi connectivity index (χ3v) is 8.14. The second-order valence-electron chi connectivity index (χ2n) is 10.3. The number of esters is 1. The van der Waals surface area contributed by atoms with Crippen molar-refractivity contribution in [2.45, 2.75) is 52.1 Å². The van der Waals surface area contributed by atoms with Crippen LogP contribution in [0.3, 0.4) is 0 Å². The number of benzene rings is 2. The fraction of sp³-hybridized carbons (Fsp3) is 0.394. The molecule has 10 nitrogen and oxygen atoms in total. The van der Waals surface area contributed by atoms with E-state index in [1.165, 1.54) is 11.3 Å². The monoisotopic (exact) mass is 623 g/mol. The molecule has 0 atom stereocenters. The molecule has 0 N–H and O–H groups in total. The average molecular weight is 624 g/mol. The van der Waals surface area contributed by atoms with Crippen LogP contribution in [0.5, 0.6) is 23.0 Å². The molecule has 0 spiro atoms. The van der Waals surface area contributed by atoms with Gasteiger partial charge in [0.05, 0.1) is 32.1 Å². The number of carbonyl (C=O) groups excluding carboxylic acids is 4. The Bertz CT molecular complexity index is 1540. The van der Waals surface area contributed by atoms with E-state index < -0.39 is 0 Å².